The van der Waals surface area contributed by atoms with Crippen LogP contribution in [0.3, 0.4) is 0 Å². The summed E-state index contributed by atoms with van der Waals surface area (Å²) in [6.07, 6.45) is 2.04. The number of hydrogen-bond donors (Lipinski definition) is 1. The summed E-state index contributed by atoms with van der Waals surface area (Å²) in [5.41, 5.74) is 1.64. The van der Waals surface area contributed by atoms with Gasteiger partial charge in [0, 0.05) is 23.4 Å². The summed E-state index contributed by atoms with van der Waals surface area (Å²) >= 11 is 7.27. The maximum Gasteiger partial charge on any atom is 0.215 e. The molecule has 1 aromatic carbocycles. The Balaban J connectivity index is 1.58. The zero-order chi connectivity index (χ0) is 15.6. The highest BCUT2D eigenvalue weighted by atomic mass is 35.5. The van der Waals surface area contributed by atoms with Crippen molar-refractivity contribution in [3.05, 3.63) is 52.3 Å². The van der Waals surface area contributed by atoms with Gasteiger partial charge in [-0.2, -0.15) is 5.10 Å². The Kier molecular flexibility index (Phi) is 4.44. The predicted molar refractivity (Wildman–Crippen MR) is 86.6 cm³/mol. The molecule has 0 aliphatic carbocycles. The van der Waals surface area contributed by atoms with Crippen molar-refractivity contribution in [2.75, 3.05) is 6.54 Å². The second-order valence-corrected chi connectivity index (χ2v) is 7.79. The molecule has 22 heavy (non-hydrogen) atoms. The van der Waals surface area contributed by atoms with Crippen LogP contribution in [-0.4, -0.2) is 29.6 Å². The van der Waals surface area contributed by atoms with Crippen LogP contribution in [0, 0.1) is 0 Å². The lowest BCUT2D eigenvalue weighted by Gasteiger charge is -2.06. The van der Waals surface area contributed by atoms with E-state index in [1.807, 2.05) is 5.38 Å². The summed E-state index contributed by atoms with van der Waals surface area (Å²) in [5.74, 6) is -0.0630. The first-order chi connectivity index (χ1) is 10.5. The van der Waals surface area contributed by atoms with Crippen LogP contribution in [0.25, 0.3) is 4.96 Å². The van der Waals surface area contributed by atoms with E-state index in [0.717, 1.165) is 10.7 Å². The number of nitrogens with zero attached hydrogens (tertiary/aromatic N) is 3. The maximum absolute atomic E-state index is 12.1. The van der Waals surface area contributed by atoms with Crippen molar-refractivity contribution in [1.29, 1.82) is 0 Å². The van der Waals surface area contributed by atoms with Crippen LogP contribution in [0.5, 0.6) is 0 Å². The Morgan fingerprint density at radius 3 is 2.82 bits per heavy atom. The van der Waals surface area contributed by atoms with Gasteiger partial charge in [-0.25, -0.2) is 22.6 Å². The van der Waals surface area contributed by atoms with Gasteiger partial charge >= 0.3 is 0 Å². The molecule has 2 heterocycles. The zero-order valence-corrected chi connectivity index (χ0v) is 13.8. The van der Waals surface area contributed by atoms with E-state index in [2.05, 4.69) is 14.8 Å². The number of fused-ring (bicyclic) bond motifs is 1. The number of thiazole rings is 1. The van der Waals surface area contributed by atoms with Crippen LogP contribution >= 0.6 is 22.9 Å². The molecule has 0 unspecified atom stereocenters. The van der Waals surface area contributed by atoms with Gasteiger partial charge in [0.2, 0.25) is 15.0 Å². The van der Waals surface area contributed by atoms with Gasteiger partial charge in [-0.1, -0.05) is 23.7 Å². The Morgan fingerprint density at radius 1 is 1.27 bits per heavy atom. The molecule has 3 aromatic rings. The topological polar surface area (TPSA) is 76.4 Å². The fraction of sp³-hybridized carbons (Fsp3) is 0.231. The van der Waals surface area contributed by atoms with Crippen LogP contribution in [-0.2, 0) is 22.2 Å². The number of sulfonamides is 1. The van der Waals surface area contributed by atoms with E-state index in [1.54, 1.807) is 28.8 Å². The van der Waals surface area contributed by atoms with Crippen LogP contribution < -0.4 is 4.72 Å². The van der Waals surface area contributed by atoms with E-state index in [1.165, 1.54) is 17.7 Å². The molecule has 0 aliphatic rings. The van der Waals surface area contributed by atoms with Crippen molar-refractivity contribution in [3.8, 4) is 0 Å². The average molecular weight is 357 g/mol. The van der Waals surface area contributed by atoms with Crippen LogP contribution in [0.1, 0.15) is 11.3 Å². The van der Waals surface area contributed by atoms with Gasteiger partial charge in [-0.15, -0.1) is 11.3 Å². The Bertz CT molecular complexity index is 871. The minimum Gasteiger partial charge on any atom is -0.215 e. The largest absolute Gasteiger partial charge is 0.215 e. The molecule has 0 atom stereocenters. The maximum atomic E-state index is 12.1. The summed E-state index contributed by atoms with van der Waals surface area (Å²) in [5, 5.41) is 6.62. The number of halogens is 1. The van der Waals surface area contributed by atoms with Gasteiger partial charge in [0.15, 0.2) is 0 Å². The number of rotatable bonds is 6. The smallest absolute Gasteiger partial charge is 0.215 e. The van der Waals surface area contributed by atoms with Crippen molar-refractivity contribution in [3.63, 3.8) is 0 Å². The highest BCUT2D eigenvalue weighted by Gasteiger charge is 2.12. The molecule has 6 nitrogen and oxygen atoms in total. The van der Waals surface area contributed by atoms with Crippen LogP contribution in [0.15, 0.2) is 36.0 Å². The van der Waals surface area contributed by atoms with Crippen LogP contribution in [0.4, 0.5) is 0 Å². The van der Waals surface area contributed by atoms with Crippen LogP contribution in [0.2, 0.25) is 5.02 Å². The minimum absolute atomic E-state index is 0.0630. The molecule has 0 bridgehead atoms. The van der Waals surface area contributed by atoms with Crippen molar-refractivity contribution < 1.29 is 8.42 Å². The molecular weight excluding hydrogens is 344 g/mol. The highest BCUT2D eigenvalue weighted by molar-refractivity contribution is 7.88. The van der Waals surface area contributed by atoms with Gasteiger partial charge in [-0.05, 0) is 17.7 Å². The number of aromatic nitrogens is 3. The quantitative estimate of drug-likeness (QED) is 0.733. The first kappa shape index (κ1) is 15.4. The monoisotopic (exact) mass is 356 g/mol. The lowest BCUT2D eigenvalue weighted by Crippen LogP contribution is -2.27. The molecule has 3 rings (SSSR count). The molecule has 0 aliphatic heterocycles. The lowest BCUT2D eigenvalue weighted by atomic mass is 10.2. The van der Waals surface area contributed by atoms with E-state index in [-0.39, 0.29) is 5.75 Å². The van der Waals surface area contributed by atoms with Gasteiger partial charge in [-0.3, -0.25) is 0 Å². The van der Waals surface area contributed by atoms with Crippen molar-refractivity contribution >= 4 is 37.9 Å². The zero-order valence-electron chi connectivity index (χ0n) is 11.4. The summed E-state index contributed by atoms with van der Waals surface area (Å²) in [7, 11) is -3.38. The summed E-state index contributed by atoms with van der Waals surface area (Å²) in [6, 6.07) is 6.78. The number of benzene rings is 1. The highest BCUT2D eigenvalue weighted by Crippen LogP contribution is 2.14. The molecule has 0 radical (unpaired) electrons. The number of hydrogen-bond acceptors (Lipinski definition) is 5. The third kappa shape index (κ3) is 3.64. The van der Waals surface area contributed by atoms with E-state index < -0.39 is 10.0 Å². The molecule has 9 heteroatoms. The third-order valence-electron chi connectivity index (χ3n) is 3.06. The van der Waals surface area contributed by atoms with Crippen molar-refractivity contribution in [1.82, 2.24) is 19.3 Å². The molecule has 116 valence electrons. The summed E-state index contributed by atoms with van der Waals surface area (Å²) < 4.78 is 28.4. The molecule has 0 spiro atoms. The molecule has 1 N–H and O–H groups in total. The van der Waals surface area contributed by atoms with E-state index in [4.69, 9.17) is 11.6 Å². The Morgan fingerprint density at radius 2 is 2.05 bits per heavy atom. The third-order valence-corrected chi connectivity index (χ3v) is 5.55. The van der Waals surface area contributed by atoms with Gasteiger partial charge in [0.25, 0.3) is 0 Å². The van der Waals surface area contributed by atoms with Gasteiger partial charge < -0.3 is 0 Å². The van der Waals surface area contributed by atoms with Gasteiger partial charge in [0.05, 0.1) is 11.4 Å². The second kappa shape index (κ2) is 6.33. The molecule has 0 saturated carbocycles. The summed E-state index contributed by atoms with van der Waals surface area (Å²) in [4.78, 5) is 4.88. The fourth-order valence-electron chi connectivity index (χ4n) is 2.03. The fourth-order valence-corrected chi connectivity index (χ4v) is 4.13. The van der Waals surface area contributed by atoms with Gasteiger partial charge in [0.1, 0.15) is 6.33 Å². The Labute approximate surface area is 136 Å². The standard InChI is InChI=1S/C13H13ClN4O2S2/c14-11-3-1-10(2-4-11)8-22(19,20)17-6-5-12-7-21-13-15-9-16-18(12)13/h1-4,7,9,17H,5-6,8H2. The van der Waals surface area contributed by atoms with E-state index >= 15 is 0 Å². The SMILES string of the molecule is O=S(=O)(Cc1ccc(Cl)cc1)NCCc1csc2ncnn12. The molecular formula is C13H13ClN4O2S2. The average Bonchev–Trinajstić information content (AvgIpc) is 3.06. The van der Waals surface area contributed by atoms with Crippen molar-refractivity contribution in [2.24, 2.45) is 0 Å². The van der Waals surface area contributed by atoms with E-state index in [0.29, 0.717) is 23.6 Å². The summed E-state index contributed by atoms with van der Waals surface area (Å²) in [6.45, 7) is 0.321. The Hall–Kier alpha value is -1.48. The van der Waals surface area contributed by atoms with Crippen molar-refractivity contribution in [2.45, 2.75) is 12.2 Å². The second-order valence-electron chi connectivity index (χ2n) is 4.71. The predicted octanol–water partition coefficient (Wildman–Crippen LogP) is 2.11. The first-order valence-electron chi connectivity index (χ1n) is 6.51. The normalized spacial score (nSPS) is 12.0. The molecule has 0 fully saturated rings. The molecule has 2 aromatic heterocycles. The first-order valence-corrected chi connectivity index (χ1v) is 9.42. The lowest BCUT2D eigenvalue weighted by molar-refractivity contribution is 0.580. The number of nitrogens with one attached hydrogen (secondary N) is 1. The van der Waals surface area contributed by atoms with E-state index in [9.17, 15) is 8.42 Å². The molecule has 0 saturated heterocycles. The molecule has 0 amide bonds. The minimum atomic E-state index is -3.38.